The van der Waals surface area contributed by atoms with Crippen LogP contribution in [0, 0.1) is 5.82 Å². The molecule has 0 amide bonds. The van der Waals surface area contributed by atoms with Crippen molar-refractivity contribution < 1.29 is 9.18 Å². The minimum atomic E-state index is -0.214. The molecule has 1 aromatic carbocycles. The molecular weight excluding hydrogens is 431 g/mol. The van der Waals surface area contributed by atoms with E-state index in [0.717, 1.165) is 53.6 Å². The molecule has 0 aliphatic carbocycles. The van der Waals surface area contributed by atoms with Crippen LogP contribution in [0.25, 0.3) is 17.0 Å². The summed E-state index contributed by atoms with van der Waals surface area (Å²) >= 11 is 0. The molecule has 1 unspecified atom stereocenters. The zero-order valence-corrected chi connectivity index (χ0v) is 18.8. The maximum absolute atomic E-state index is 13.9. The van der Waals surface area contributed by atoms with E-state index in [9.17, 15) is 9.18 Å². The Labute approximate surface area is 196 Å². The first kappa shape index (κ1) is 20.8. The van der Waals surface area contributed by atoms with E-state index in [1.807, 2.05) is 40.9 Å². The Hall–Kier alpha value is -3.81. The van der Waals surface area contributed by atoms with Gasteiger partial charge in [-0.2, -0.15) is 0 Å². The van der Waals surface area contributed by atoms with Crippen molar-refractivity contribution in [2.24, 2.45) is 0 Å². The number of imidazole rings is 1. The summed E-state index contributed by atoms with van der Waals surface area (Å²) in [7, 11) is 0. The Morgan fingerprint density at radius 1 is 0.941 bits per heavy atom. The fourth-order valence-corrected chi connectivity index (χ4v) is 5.02. The summed E-state index contributed by atoms with van der Waals surface area (Å²) in [4.78, 5) is 25.4. The Morgan fingerprint density at radius 2 is 1.79 bits per heavy atom. The second kappa shape index (κ2) is 8.52. The zero-order chi connectivity index (χ0) is 23.1. The van der Waals surface area contributed by atoms with Gasteiger partial charge in [0.25, 0.3) is 0 Å². The standard InChI is InChI=1S/C26H25FN6O/c27-19-5-1-4-18(16-19)22-7-3-13-32(22)26-10-9-24-28-17-23(33(24)30-26)21-6-2-8-25(29-21)31-14-11-20(34)12-15-31/h1-2,4-6,8-10,16-17,22H,3,7,11-15H2. The number of nitrogens with zero attached hydrogens (tertiary/aromatic N) is 6. The number of ketones is 1. The first-order chi connectivity index (χ1) is 16.7. The molecule has 0 bridgehead atoms. The number of aromatic nitrogens is 4. The van der Waals surface area contributed by atoms with Gasteiger partial charge in [0, 0.05) is 32.5 Å². The Balaban J connectivity index is 1.34. The van der Waals surface area contributed by atoms with Gasteiger partial charge in [-0.15, -0.1) is 5.10 Å². The van der Waals surface area contributed by atoms with E-state index < -0.39 is 0 Å². The van der Waals surface area contributed by atoms with E-state index in [4.69, 9.17) is 10.1 Å². The molecule has 8 heteroatoms. The van der Waals surface area contributed by atoms with Crippen LogP contribution in [0.15, 0.2) is 60.8 Å². The molecule has 0 radical (unpaired) electrons. The molecule has 172 valence electrons. The van der Waals surface area contributed by atoms with Crippen LogP contribution in [0.1, 0.15) is 37.3 Å². The number of fused-ring (bicyclic) bond motifs is 1. The van der Waals surface area contributed by atoms with Crippen molar-refractivity contribution in [3.8, 4) is 11.4 Å². The van der Waals surface area contributed by atoms with Gasteiger partial charge in [-0.25, -0.2) is 18.9 Å². The summed E-state index contributed by atoms with van der Waals surface area (Å²) in [6.45, 7) is 2.26. The molecule has 0 N–H and O–H groups in total. The molecule has 3 aromatic heterocycles. The number of Topliss-reactive ketones (excluding diaryl/α,β-unsaturated/α-hetero) is 1. The van der Waals surface area contributed by atoms with E-state index in [-0.39, 0.29) is 11.9 Å². The minimum Gasteiger partial charge on any atom is -0.356 e. The van der Waals surface area contributed by atoms with Gasteiger partial charge in [-0.05, 0) is 54.8 Å². The van der Waals surface area contributed by atoms with Crippen LogP contribution in [-0.2, 0) is 4.79 Å². The third-order valence-electron chi connectivity index (χ3n) is 6.77. The molecule has 5 heterocycles. The van der Waals surface area contributed by atoms with Gasteiger partial charge in [0.15, 0.2) is 5.65 Å². The lowest BCUT2D eigenvalue weighted by atomic mass is 10.0. The number of carbonyl (C=O) groups is 1. The van der Waals surface area contributed by atoms with Crippen molar-refractivity contribution in [2.75, 3.05) is 29.4 Å². The summed E-state index contributed by atoms with van der Waals surface area (Å²) in [6, 6.07) is 16.8. The van der Waals surface area contributed by atoms with Gasteiger partial charge in [-0.1, -0.05) is 18.2 Å². The molecule has 0 spiro atoms. The predicted molar refractivity (Wildman–Crippen MR) is 128 cm³/mol. The lowest BCUT2D eigenvalue weighted by Crippen LogP contribution is -2.34. The summed E-state index contributed by atoms with van der Waals surface area (Å²) < 4.78 is 15.7. The molecule has 6 rings (SSSR count). The molecule has 7 nitrogen and oxygen atoms in total. The molecule has 4 aromatic rings. The lowest BCUT2D eigenvalue weighted by Gasteiger charge is -2.27. The molecule has 2 fully saturated rings. The Morgan fingerprint density at radius 3 is 2.65 bits per heavy atom. The van der Waals surface area contributed by atoms with E-state index >= 15 is 0 Å². The number of hydrogen-bond donors (Lipinski definition) is 0. The number of pyridine rings is 1. The average molecular weight is 457 g/mol. The van der Waals surface area contributed by atoms with Gasteiger partial charge in [-0.3, -0.25) is 4.79 Å². The monoisotopic (exact) mass is 456 g/mol. The van der Waals surface area contributed by atoms with E-state index in [0.29, 0.717) is 31.7 Å². The maximum Gasteiger partial charge on any atom is 0.154 e. The van der Waals surface area contributed by atoms with Crippen LogP contribution < -0.4 is 9.80 Å². The number of anilines is 2. The van der Waals surface area contributed by atoms with Gasteiger partial charge in [0.05, 0.1) is 17.9 Å². The minimum absolute atomic E-state index is 0.0934. The Bertz CT molecular complexity index is 1360. The zero-order valence-electron chi connectivity index (χ0n) is 18.8. The predicted octanol–water partition coefficient (Wildman–Crippen LogP) is 4.44. The van der Waals surface area contributed by atoms with Crippen LogP contribution in [-0.4, -0.2) is 45.0 Å². The second-order valence-corrected chi connectivity index (χ2v) is 8.92. The lowest BCUT2D eigenvalue weighted by molar-refractivity contribution is -0.119. The largest absolute Gasteiger partial charge is 0.356 e. The van der Waals surface area contributed by atoms with Gasteiger partial charge < -0.3 is 9.80 Å². The number of piperidine rings is 1. The van der Waals surface area contributed by atoms with Crippen LogP contribution in [0.5, 0.6) is 0 Å². The summed E-state index contributed by atoms with van der Waals surface area (Å²) in [5.41, 5.74) is 3.32. The molecule has 34 heavy (non-hydrogen) atoms. The van der Waals surface area contributed by atoms with E-state index in [1.165, 1.54) is 6.07 Å². The SMILES string of the molecule is O=C1CCN(c2cccc(-c3cnc4ccc(N5CCCC5c5cccc(F)c5)nn34)n2)CC1. The van der Waals surface area contributed by atoms with Gasteiger partial charge in [0.1, 0.15) is 28.9 Å². The van der Waals surface area contributed by atoms with Crippen molar-refractivity contribution in [3.05, 3.63) is 72.2 Å². The normalized spacial score (nSPS) is 18.7. The highest BCUT2D eigenvalue weighted by Gasteiger charge is 2.28. The number of benzene rings is 1. The highest BCUT2D eigenvalue weighted by atomic mass is 19.1. The number of hydrogen-bond acceptors (Lipinski definition) is 6. The van der Waals surface area contributed by atoms with Gasteiger partial charge in [0.2, 0.25) is 0 Å². The number of halogens is 1. The molecular formula is C26H25FN6O. The van der Waals surface area contributed by atoms with Crippen LogP contribution >= 0.6 is 0 Å². The fourth-order valence-electron chi connectivity index (χ4n) is 5.02. The van der Waals surface area contributed by atoms with Crippen molar-refractivity contribution in [1.29, 1.82) is 0 Å². The molecule has 2 aliphatic heterocycles. The maximum atomic E-state index is 13.9. The topological polar surface area (TPSA) is 66.6 Å². The third kappa shape index (κ3) is 3.79. The van der Waals surface area contributed by atoms with Crippen molar-refractivity contribution >= 4 is 23.1 Å². The quantitative estimate of drug-likeness (QED) is 0.452. The fraction of sp³-hybridized carbons (Fsp3) is 0.308. The van der Waals surface area contributed by atoms with E-state index in [1.54, 1.807) is 18.3 Å². The van der Waals surface area contributed by atoms with Crippen molar-refractivity contribution in [1.82, 2.24) is 19.6 Å². The first-order valence-electron chi connectivity index (χ1n) is 11.8. The van der Waals surface area contributed by atoms with Crippen LogP contribution in [0.3, 0.4) is 0 Å². The highest BCUT2D eigenvalue weighted by Crippen LogP contribution is 2.35. The number of rotatable bonds is 4. The molecule has 2 saturated heterocycles. The van der Waals surface area contributed by atoms with Crippen LogP contribution in [0.4, 0.5) is 16.0 Å². The summed E-state index contributed by atoms with van der Waals surface area (Å²) in [5, 5.41) is 4.93. The van der Waals surface area contributed by atoms with E-state index in [2.05, 4.69) is 14.8 Å². The average Bonchev–Trinajstić information content (AvgIpc) is 3.52. The van der Waals surface area contributed by atoms with Crippen molar-refractivity contribution in [2.45, 2.75) is 31.7 Å². The summed E-state index contributed by atoms with van der Waals surface area (Å²) in [5.74, 6) is 1.80. The third-order valence-corrected chi connectivity index (χ3v) is 6.77. The smallest absolute Gasteiger partial charge is 0.154 e. The number of carbonyl (C=O) groups excluding carboxylic acids is 1. The summed E-state index contributed by atoms with van der Waals surface area (Å²) in [6.07, 6.45) is 4.91. The first-order valence-corrected chi connectivity index (χ1v) is 11.8. The van der Waals surface area contributed by atoms with Crippen LogP contribution in [0.2, 0.25) is 0 Å². The van der Waals surface area contributed by atoms with Crippen molar-refractivity contribution in [3.63, 3.8) is 0 Å². The molecule has 1 atom stereocenters. The molecule has 2 aliphatic rings. The Kier molecular flexibility index (Phi) is 5.20. The highest BCUT2D eigenvalue weighted by molar-refractivity contribution is 5.81. The second-order valence-electron chi connectivity index (χ2n) is 8.92. The van der Waals surface area contributed by atoms with Gasteiger partial charge >= 0.3 is 0 Å². The molecule has 0 saturated carbocycles.